The van der Waals surface area contributed by atoms with E-state index in [4.69, 9.17) is 9.84 Å². The second-order valence-corrected chi connectivity index (χ2v) is 10.8. The molecule has 0 saturated carbocycles. The zero-order valence-electron chi connectivity index (χ0n) is 23.8. The number of allylic oxidation sites excluding steroid dienone is 1. The Hall–Kier alpha value is -4.80. The number of aliphatic hydroxyl groups is 2. The van der Waals surface area contributed by atoms with Crippen molar-refractivity contribution in [2.45, 2.75) is 38.5 Å². The van der Waals surface area contributed by atoms with Crippen molar-refractivity contribution < 1.29 is 24.5 Å². The number of aliphatic hydroxyl groups excluding tert-OH is 1. The van der Waals surface area contributed by atoms with Crippen molar-refractivity contribution in [1.29, 1.82) is 0 Å². The van der Waals surface area contributed by atoms with E-state index < -0.39 is 11.5 Å². The zero-order chi connectivity index (χ0) is 30.0. The average Bonchev–Trinajstić information content (AvgIpc) is 3.56. The van der Waals surface area contributed by atoms with Gasteiger partial charge in [-0.05, 0) is 42.3 Å². The number of aromatic nitrogens is 3. The van der Waals surface area contributed by atoms with Crippen LogP contribution in [0.25, 0.3) is 0 Å². The number of hydrogen-bond donors (Lipinski definition) is 2. The Morgan fingerprint density at radius 1 is 1.02 bits per heavy atom. The zero-order valence-corrected chi connectivity index (χ0v) is 23.8. The molecule has 2 aliphatic heterocycles. The van der Waals surface area contributed by atoms with E-state index in [0.29, 0.717) is 47.8 Å². The van der Waals surface area contributed by atoms with E-state index in [1.165, 1.54) is 0 Å². The monoisotopic (exact) mass is 579 g/mol. The molecule has 2 aliphatic rings. The van der Waals surface area contributed by atoms with Gasteiger partial charge >= 0.3 is 0 Å². The Bertz CT molecular complexity index is 1670. The first-order chi connectivity index (χ1) is 20.9. The molecular formula is C33H33N5O5. The standard InChI is InChI=1S/C33H33N5O5/c1-23(8-6-7-18-36-21-25(17-19-39)34-35-36)33(42)27-9-2-3-10-28(27)37(32(33)41)20-24-13-15-26(16-14-24)38-29-11-4-5-12-30(29)43-22-31(38)40/h2-6,8-16,21,23,39,42H,7,17-20,22H2,1H3/b8-6+/t23-,33+/m1/s1. The first-order valence-corrected chi connectivity index (χ1v) is 14.3. The van der Waals surface area contributed by atoms with Crippen LogP contribution in [0.2, 0.25) is 0 Å². The van der Waals surface area contributed by atoms with Crippen LogP contribution < -0.4 is 14.5 Å². The van der Waals surface area contributed by atoms with Crippen LogP contribution in [0.15, 0.2) is 91.1 Å². The molecule has 3 heterocycles. The smallest absolute Gasteiger partial charge is 0.269 e. The molecule has 4 aromatic rings. The maximum absolute atomic E-state index is 13.9. The second-order valence-electron chi connectivity index (χ2n) is 10.8. The van der Waals surface area contributed by atoms with Gasteiger partial charge < -0.3 is 19.8 Å². The maximum Gasteiger partial charge on any atom is 0.269 e. The predicted molar refractivity (Wildman–Crippen MR) is 161 cm³/mol. The number of fused-ring (bicyclic) bond motifs is 2. The minimum absolute atomic E-state index is 0.0248. The van der Waals surface area contributed by atoms with Crippen LogP contribution in [-0.4, -0.2) is 50.2 Å². The maximum atomic E-state index is 13.9. The normalized spacial score (nSPS) is 18.6. The lowest BCUT2D eigenvalue weighted by Gasteiger charge is -2.29. The van der Waals surface area contributed by atoms with Gasteiger partial charge in [-0.25, -0.2) is 0 Å². The quantitative estimate of drug-likeness (QED) is 0.274. The fourth-order valence-electron chi connectivity index (χ4n) is 5.70. The molecule has 0 unspecified atom stereocenters. The Morgan fingerprint density at radius 2 is 1.77 bits per heavy atom. The SMILES string of the molecule is C[C@H](/C=C/CCn1cc(CCO)nn1)[C@@]1(O)C(=O)N(Cc2ccc(N3C(=O)COc4ccccc43)cc2)c2ccccc21. The van der Waals surface area contributed by atoms with Crippen molar-refractivity contribution in [2.24, 2.45) is 5.92 Å². The lowest BCUT2D eigenvalue weighted by Crippen LogP contribution is -2.44. The Balaban J connectivity index is 1.17. The van der Waals surface area contributed by atoms with Crippen molar-refractivity contribution in [1.82, 2.24) is 15.0 Å². The van der Waals surface area contributed by atoms with Crippen LogP contribution >= 0.6 is 0 Å². The minimum Gasteiger partial charge on any atom is -0.482 e. The van der Waals surface area contributed by atoms with Crippen molar-refractivity contribution in [2.75, 3.05) is 23.0 Å². The topological polar surface area (TPSA) is 121 Å². The average molecular weight is 580 g/mol. The van der Waals surface area contributed by atoms with Gasteiger partial charge in [0.25, 0.3) is 11.8 Å². The Labute approximate surface area is 249 Å². The van der Waals surface area contributed by atoms with Crippen LogP contribution in [0, 0.1) is 5.92 Å². The second kappa shape index (κ2) is 11.8. The third-order valence-corrected chi connectivity index (χ3v) is 7.98. The predicted octanol–water partition coefficient (Wildman–Crippen LogP) is 3.89. The fourth-order valence-corrected chi connectivity index (χ4v) is 5.70. The van der Waals surface area contributed by atoms with Crippen molar-refractivity contribution in [3.05, 3.63) is 108 Å². The molecule has 0 bridgehead atoms. The number of anilines is 3. The third-order valence-electron chi connectivity index (χ3n) is 7.98. The van der Waals surface area contributed by atoms with Crippen LogP contribution in [0.5, 0.6) is 5.75 Å². The van der Waals surface area contributed by atoms with Gasteiger partial charge in [-0.15, -0.1) is 5.10 Å². The lowest BCUT2D eigenvalue weighted by molar-refractivity contribution is -0.139. The molecule has 2 amide bonds. The van der Waals surface area contributed by atoms with Crippen molar-refractivity contribution in [3.63, 3.8) is 0 Å². The highest BCUT2D eigenvalue weighted by Crippen LogP contribution is 2.46. The van der Waals surface area contributed by atoms with Gasteiger partial charge in [-0.1, -0.05) is 66.8 Å². The van der Waals surface area contributed by atoms with Crippen molar-refractivity contribution >= 4 is 28.9 Å². The summed E-state index contributed by atoms with van der Waals surface area (Å²) >= 11 is 0. The number of hydrogen-bond acceptors (Lipinski definition) is 7. The summed E-state index contributed by atoms with van der Waals surface area (Å²) in [5.74, 6) is -0.368. The minimum atomic E-state index is -1.71. The highest BCUT2D eigenvalue weighted by atomic mass is 16.5. The van der Waals surface area contributed by atoms with Crippen LogP contribution in [0.4, 0.5) is 17.1 Å². The van der Waals surface area contributed by atoms with E-state index in [0.717, 1.165) is 11.3 Å². The van der Waals surface area contributed by atoms with E-state index in [2.05, 4.69) is 10.3 Å². The number of benzene rings is 3. The number of amides is 2. The molecule has 0 aliphatic carbocycles. The van der Waals surface area contributed by atoms with Gasteiger partial charge in [0.15, 0.2) is 12.2 Å². The third kappa shape index (κ3) is 5.31. The molecule has 3 aromatic carbocycles. The molecule has 6 rings (SSSR count). The van der Waals surface area contributed by atoms with E-state index in [9.17, 15) is 14.7 Å². The van der Waals surface area contributed by atoms with Gasteiger partial charge in [0.05, 0.1) is 23.6 Å². The van der Waals surface area contributed by atoms with Gasteiger partial charge in [0.1, 0.15) is 5.75 Å². The molecule has 0 spiro atoms. The molecule has 2 atom stereocenters. The summed E-state index contributed by atoms with van der Waals surface area (Å²) in [6.07, 6.45) is 6.72. The van der Waals surface area contributed by atoms with E-state index in [1.807, 2.05) is 85.8 Å². The summed E-state index contributed by atoms with van der Waals surface area (Å²) in [6, 6.07) is 22.3. The van der Waals surface area contributed by atoms with E-state index in [-0.39, 0.29) is 31.6 Å². The number of nitrogens with zero attached hydrogens (tertiary/aromatic N) is 5. The van der Waals surface area contributed by atoms with Crippen LogP contribution in [0.3, 0.4) is 0 Å². The molecule has 0 fully saturated rings. The summed E-state index contributed by atoms with van der Waals surface area (Å²) in [5, 5.41) is 29.1. The molecule has 43 heavy (non-hydrogen) atoms. The largest absolute Gasteiger partial charge is 0.482 e. The molecule has 2 N–H and O–H groups in total. The molecule has 10 heteroatoms. The summed E-state index contributed by atoms with van der Waals surface area (Å²) < 4.78 is 7.28. The highest BCUT2D eigenvalue weighted by Gasteiger charge is 2.52. The number of rotatable bonds is 10. The number of carbonyl (C=O) groups is 2. The molecule has 1 aromatic heterocycles. The van der Waals surface area contributed by atoms with Gasteiger partial charge in [0.2, 0.25) is 0 Å². The first-order valence-electron chi connectivity index (χ1n) is 14.3. The first kappa shape index (κ1) is 28.3. The van der Waals surface area contributed by atoms with Gasteiger partial charge in [-0.2, -0.15) is 0 Å². The Kier molecular flexibility index (Phi) is 7.79. The molecule has 0 radical (unpaired) electrons. The summed E-state index contributed by atoms with van der Waals surface area (Å²) in [7, 11) is 0. The number of para-hydroxylation sites is 3. The van der Waals surface area contributed by atoms with Crippen molar-refractivity contribution in [3.8, 4) is 5.75 Å². The van der Waals surface area contributed by atoms with Crippen LogP contribution in [-0.2, 0) is 34.7 Å². The van der Waals surface area contributed by atoms with E-state index in [1.54, 1.807) is 26.7 Å². The molecular weight excluding hydrogens is 546 g/mol. The summed E-state index contributed by atoms with van der Waals surface area (Å²) in [6.45, 7) is 2.70. The van der Waals surface area contributed by atoms with Gasteiger partial charge in [-0.3, -0.25) is 19.2 Å². The lowest BCUT2D eigenvalue weighted by atomic mass is 9.83. The summed E-state index contributed by atoms with van der Waals surface area (Å²) in [5.41, 5.74) is 2.54. The summed E-state index contributed by atoms with van der Waals surface area (Å²) in [4.78, 5) is 29.9. The van der Waals surface area contributed by atoms with Gasteiger partial charge in [0, 0.05) is 42.9 Å². The molecule has 220 valence electrons. The van der Waals surface area contributed by atoms with Crippen LogP contribution in [0.1, 0.15) is 30.2 Å². The Morgan fingerprint density at radius 3 is 2.56 bits per heavy atom. The molecule has 0 saturated heterocycles. The number of ether oxygens (including phenoxy) is 1. The van der Waals surface area contributed by atoms with E-state index >= 15 is 0 Å². The molecule has 10 nitrogen and oxygen atoms in total. The fraction of sp³-hybridized carbons (Fsp3) is 0.273. The highest BCUT2D eigenvalue weighted by molar-refractivity contribution is 6.07. The number of carbonyl (C=O) groups excluding carboxylic acids is 2. The number of aryl methyl sites for hydroxylation is 1.